The second-order valence-corrected chi connectivity index (χ2v) is 4.16. The first-order chi connectivity index (χ1) is 9.92. The van der Waals surface area contributed by atoms with Crippen molar-refractivity contribution in [2.45, 2.75) is 0 Å². The van der Waals surface area contributed by atoms with Gasteiger partial charge in [-0.25, -0.2) is 13.2 Å². The van der Waals surface area contributed by atoms with Crippen molar-refractivity contribution in [1.29, 1.82) is 0 Å². The summed E-state index contributed by atoms with van der Waals surface area (Å²) in [5.74, 6) is -4.95. The molecule has 2 rings (SSSR count). The van der Waals surface area contributed by atoms with Crippen molar-refractivity contribution in [2.75, 3.05) is 18.2 Å². The number of carbonyl (C=O) groups is 1. The zero-order valence-corrected chi connectivity index (χ0v) is 10.9. The first-order valence-corrected chi connectivity index (χ1v) is 5.81. The maximum absolute atomic E-state index is 13.1. The smallest absolute Gasteiger partial charge is 0.255 e. The Labute approximate surface area is 118 Å². The quantitative estimate of drug-likeness (QED) is 0.676. The second-order valence-electron chi connectivity index (χ2n) is 4.16. The van der Waals surface area contributed by atoms with Gasteiger partial charge in [-0.15, -0.1) is 0 Å². The molecule has 1 amide bonds. The Morgan fingerprint density at radius 1 is 1.14 bits per heavy atom. The lowest BCUT2D eigenvalue weighted by Crippen LogP contribution is -2.13. The molecule has 7 heteroatoms. The summed E-state index contributed by atoms with van der Waals surface area (Å²) < 4.78 is 44.0. The highest BCUT2D eigenvalue weighted by Crippen LogP contribution is 2.25. The van der Waals surface area contributed by atoms with Crippen molar-refractivity contribution in [2.24, 2.45) is 0 Å². The molecule has 0 fully saturated rings. The maximum atomic E-state index is 13.1. The zero-order valence-electron chi connectivity index (χ0n) is 10.9. The summed E-state index contributed by atoms with van der Waals surface area (Å²) in [7, 11) is 1.40. The highest BCUT2D eigenvalue weighted by Gasteiger charge is 2.15. The average molecular weight is 296 g/mol. The third-order valence-electron chi connectivity index (χ3n) is 2.74. The van der Waals surface area contributed by atoms with Gasteiger partial charge in [-0.2, -0.15) is 0 Å². The first kappa shape index (κ1) is 14.7. The molecule has 21 heavy (non-hydrogen) atoms. The SMILES string of the molecule is COc1cc(NC(=O)c2cc(F)c(F)c(F)c2)ccc1N. The van der Waals surface area contributed by atoms with Gasteiger partial charge >= 0.3 is 0 Å². The second kappa shape index (κ2) is 5.74. The highest BCUT2D eigenvalue weighted by molar-refractivity contribution is 6.04. The Kier molecular flexibility index (Phi) is 4.02. The number of halogens is 3. The zero-order chi connectivity index (χ0) is 15.6. The van der Waals surface area contributed by atoms with Crippen molar-refractivity contribution in [1.82, 2.24) is 0 Å². The molecule has 0 bridgehead atoms. The summed E-state index contributed by atoms with van der Waals surface area (Å²) in [4.78, 5) is 11.9. The van der Waals surface area contributed by atoms with Gasteiger partial charge in [0.05, 0.1) is 12.8 Å². The Hall–Kier alpha value is -2.70. The number of nitrogen functional groups attached to an aromatic ring is 1. The normalized spacial score (nSPS) is 10.3. The van der Waals surface area contributed by atoms with Gasteiger partial charge in [-0.1, -0.05) is 0 Å². The van der Waals surface area contributed by atoms with Crippen molar-refractivity contribution >= 4 is 17.3 Å². The van der Waals surface area contributed by atoms with Crippen molar-refractivity contribution in [3.8, 4) is 5.75 Å². The standard InChI is InChI=1S/C14H11F3N2O2/c1-21-12-6-8(2-3-11(12)18)19-14(20)7-4-9(15)13(17)10(16)5-7/h2-6H,18H2,1H3,(H,19,20). The van der Waals surface area contributed by atoms with E-state index in [1.165, 1.54) is 25.3 Å². The van der Waals surface area contributed by atoms with Crippen molar-refractivity contribution < 1.29 is 22.7 Å². The van der Waals surface area contributed by atoms with E-state index in [1.807, 2.05) is 0 Å². The summed E-state index contributed by atoms with van der Waals surface area (Å²) in [5, 5.41) is 2.40. The van der Waals surface area contributed by atoms with E-state index in [4.69, 9.17) is 10.5 Å². The van der Waals surface area contributed by atoms with Gasteiger partial charge < -0.3 is 15.8 Å². The molecule has 4 nitrogen and oxygen atoms in total. The van der Waals surface area contributed by atoms with Crippen LogP contribution in [0.5, 0.6) is 5.75 Å². The lowest BCUT2D eigenvalue weighted by molar-refractivity contribution is 0.102. The molecule has 0 unspecified atom stereocenters. The van der Waals surface area contributed by atoms with Gasteiger partial charge in [-0.3, -0.25) is 4.79 Å². The summed E-state index contributed by atoms with van der Waals surface area (Å²) in [5.41, 5.74) is 5.96. The molecule has 0 saturated carbocycles. The van der Waals surface area contributed by atoms with Crippen molar-refractivity contribution in [3.05, 3.63) is 53.3 Å². The largest absolute Gasteiger partial charge is 0.495 e. The number of amides is 1. The molecule has 110 valence electrons. The van der Waals surface area contributed by atoms with E-state index >= 15 is 0 Å². The number of anilines is 2. The summed E-state index contributed by atoms with van der Waals surface area (Å²) in [6.07, 6.45) is 0. The van der Waals surface area contributed by atoms with E-state index in [0.29, 0.717) is 29.3 Å². The van der Waals surface area contributed by atoms with Crippen molar-refractivity contribution in [3.63, 3.8) is 0 Å². The third-order valence-corrected chi connectivity index (χ3v) is 2.74. The lowest BCUT2D eigenvalue weighted by atomic mass is 10.2. The van der Waals surface area contributed by atoms with E-state index in [-0.39, 0.29) is 5.56 Å². The molecule has 0 atom stereocenters. The van der Waals surface area contributed by atoms with Gasteiger partial charge in [-0.05, 0) is 24.3 Å². The van der Waals surface area contributed by atoms with Gasteiger partial charge in [0.15, 0.2) is 17.5 Å². The first-order valence-electron chi connectivity index (χ1n) is 5.81. The van der Waals surface area contributed by atoms with E-state index < -0.39 is 23.4 Å². The monoisotopic (exact) mass is 296 g/mol. The number of benzene rings is 2. The van der Waals surface area contributed by atoms with Gasteiger partial charge in [0.25, 0.3) is 5.91 Å². The number of hydrogen-bond acceptors (Lipinski definition) is 3. The van der Waals surface area contributed by atoms with E-state index in [9.17, 15) is 18.0 Å². The minimum absolute atomic E-state index is 0.316. The van der Waals surface area contributed by atoms with E-state index in [2.05, 4.69) is 5.32 Å². The summed E-state index contributed by atoms with van der Waals surface area (Å²) >= 11 is 0. The molecule has 0 aliphatic rings. The number of ether oxygens (including phenoxy) is 1. The van der Waals surface area contributed by atoms with Gasteiger partial charge in [0.1, 0.15) is 5.75 Å². The fraction of sp³-hybridized carbons (Fsp3) is 0.0714. The average Bonchev–Trinajstić information content (AvgIpc) is 2.46. The predicted octanol–water partition coefficient (Wildman–Crippen LogP) is 2.95. The number of hydrogen-bond donors (Lipinski definition) is 2. The molecule has 0 spiro atoms. The number of carbonyl (C=O) groups excluding carboxylic acids is 1. The van der Waals surface area contributed by atoms with Crippen LogP contribution >= 0.6 is 0 Å². The summed E-state index contributed by atoms with van der Waals surface area (Å²) in [6, 6.07) is 5.67. The van der Waals surface area contributed by atoms with Crippen LogP contribution in [0.15, 0.2) is 30.3 Å². The Balaban J connectivity index is 2.26. The van der Waals surface area contributed by atoms with Crippen LogP contribution in [0.2, 0.25) is 0 Å². The number of nitrogens with two attached hydrogens (primary N) is 1. The Morgan fingerprint density at radius 2 is 1.76 bits per heavy atom. The molecule has 2 aromatic rings. The number of methoxy groups -OCH3 is 1. The minimum atomic E-state index is -1.62. The van der Waals surface area contributed by atoms with Crippen LogP contribution in [-0.2, 0) is 0 Å². The number of nitrogens with one attached hydrogen (secondary N) is 1. The van der Waals surface area contributed by atoms with Crippen LogP contribution in [0.3, 0.4) is 0 Å². The molecule has 0 aliphatic carbocycles. The topological polar surface area (TPSA) is 64.3 Å². The molecule has 3 N–H and O–H groups in total. The molecular formula is C14H11F3N2O2. The lowest BCUT2D eigenvalue weighted by Gasteiger charge is -2.09. The molecule has 0 radical (unpaired) electrons. The van der Waals surface area contributed by atoms with Crippen LogP contribution in [0, 0.1) is 17.5 Å². The molecule has 0 saturated heterocycles. The van der Waals surface area contributed by atoms with Gasteiger partial charge in [0, 0.05) is 17.3 Å². The Bertz CT molecular complexity index is 682. The van der Waals surface area contributed by atoms with Crippen LogP contribution in [0.4, 0.5) is 24.5 Å². The molecule has 0 aromatic heterocycles. The van der Waals surface area contributed by atoms with Crippen LogP contribution in [-0.4, -0.2) is 13.0 Å². The fourth-order valence-corrected chi connectivity index (χ4v) is 1.68. The number of rotatable bonds is 3. The minimum Gasteiger partial charge on any atom is -0.495 e. The maximum Gasteiger partial charge on any atom is 0.255 e. The van der Waals surface area contributed by atoms with E-state index in [1.54, 1.807) is 0 Å². The van der Waals surface area contributed by atoms with Crippen LogP contribution in [0.1, 0.15) is 10.4 Å². The van der Waals surface area contributed by atoms with Gasteiger partial charge in [0.2, 0.25) is 0 Å². The van der Waals surface area contributed by atoms with Crippen LogP contribution in [0.25, 0.3) is 0 Å². The third kappa shape index (κ3) is 3.07. The molecule has 0 heterocycles. The molecule has 0 aliphatic heterocycles. The van der Waals surface area contributed by atoms with Crippen LogP contribution < -0.4 is 15.8 Å². The van der Waals surface area contributed by atoms with E-state index in [0.717, 1.165) is 0 Å². The molecule has 2 aromatic carbocycles. The fourth-order valence-electron chi connectivity index (χ4n) is 1.68. The molecular weight excluding hydrogens is 285 g/mol. The Morgan fingerprint density at radius 3 is 2.33 bits per heavy atom. The predicted molar refractivity (Wildman–Crippen MR) is 71.7 cm³/mol. The summed E-state index contributed by atoms with van der Waals surface area (Å²) in [6.45, 7) is 0. The highest BCUT2D eigenvalue weighted by atomic mass is 19.2.